The van der Waals surface area contributed by atoms with Crippen LogP contribution in [0.5, 0.6) is 0 Å². The molecule has 0 radical (unpaired) electrons. The number of rotatable bonds is 9. The molecule has 112 valence electrons. The van der Waals surface area contributed by atoms with Gasteiger partial charge in [0.25, 0.3) is 0 Å². The average Bonchev–Trinajstić information content (AvgIpc) is 3.23. The van der Waals surface area contributed by atoms with Crippen LogP contribution in [-0.2, 0) is 6.42 Å². The van der Waals surface area contributed by atoms with Gasteiger partial charge in [-0.05, 0) is 49.9 Å². The van der Waals surface area contributed by atoms with E-state index in [0.29, 0.717) is 6.04 Å². The summed E-state index contributed by atoms with van der Waals surface area (Å²) in [6.07, 6.45) is 5.28. The van der Waals surface area contributed by atoms with Crippen LogP contribution < -0.4 is 5.32 Å². The quantitative estimate of drug-likeness (QED) is 0.740. The lowest BCUT2D eigenvalue weighted by Crippen LogP contribution is -2.34. The van der Waals surface area contributed by atoms with Crippen molar-refractivity contribution < 1.29 is 0 Å². The second-order valence-corrected chi connectivity index (χ2v) is 6.27. The molecule has 20 heavy (non-hydrogen) atoms. The molecule has 0 spiro atoms. The molecule has 1 aliphatic carbocycles. The summed E-state index contributed by atoms with van der Waals surface area (Å²) in [6.45, 7) is 7.83. The number of nitrogens with one attached hydrogen (secondary N) is 1. The molecule has 0 amide bonds. The summed E-state index contributed by atoms with van der Waals surface area (Å²) < 4.78 is 0. The second-order valence-electron chi connectivity index (χ2n) is 6.27. The zero-order valence-electron chi connectivity index (χ0n) is 13.4. The Morgan fingerprint density at radius 2 is 1.90 bits per heavy atom. The van der Waals surface area contributed by atoms with E-state index in [9.17, 15) is 0 Å². The summed E-state index contributed by atoms with van der Waals surface area (Å²) in [5, 5.41) is 3.63. The SMILES string of the molecule is CCCc1ccc(C(CN(C)CC2CC2)NCC)cc1. The topological polar surface area (TPSA) is 15.3 Å². The van der Waals surface area contributed by atoms with Crippen molar-refractivity contribution in [1.29, 1.82) is 0 Å². The molecular formula is C18H30N2. The molecule has 0 heterocycles. The van der Waals surface area contributed by atoms with Crippen molar-refractivity contribution in [3.05, 3.63) is 35.4 Å². The molecule has 0 aliphatic heterocycles. The number of hydrogen-bond acceptors (Lipinski definition) is 2. The Morgan fingerprint density at radius 1 is 1.20 bits per heavy atom. The van der Waals surface area contributed by atoms with Gasteiger partial charge in [-0.1, -0.05) is 44.5 Å². The first-order valence-corrected chi connectivity index (χ1v) is 8.23. The normalized spacial score (nSPS) is 16.6. The maximum Gasteiger partial charge on any atom is 0.0449 e. The molecule has 0 bridgehead atoms. The minimum atomic E-state index is 0.458. The van der Waals surface area contributed by atoms with Crippen LogP contribution in [0.4, 0.5) is 0 Å². The fourth-order valence-corrected chi connectivity index (χ4v) is 2.87. The number of nitrogens with zero attached hydrogens (tertiary/aromatic N) is 1. The monoisotopic (exact) mass is 274 g/mol. The molecule has 0 saturated heterocycles. The fraction of sp³-hybridized carbons (Fsp3) is 0.667. The van der Waals surface area contributed by atoms with Crippen LogP contribution in [0.1, 0.15) is 50.3 Å². The van der Waals surface area contributed by atoms with E-state index in [2.05, 4.69) is 55.4 Å². The lowest BCUT2D eigenvalue weighted by molar-refractivity contribution is 0.282. The first kappa shape index (κ1) is 15.5. The zero-order valence-corrected chi connectivity index (χ0v) is 13.4. The molecule has 1 atom stereocenters. The summed E-state index contributed by atoms with van der Waals surface area (Å²) in [5.74, 6) is 0.967. The third-order valence-electron chi connectivity index (χ3n) is 4.13. The summed E-state index contributed by atoms with van der Waals surface area (Å²) >= 11 is 0. The molecule has 1 aromatic rings. The maximum atomic E-state index is 3.63. The van der Waals surface area contributed by atoms with Crippen molar-refractivity contribution in [2.24, 2.45) is 5.92 Å². The van der Waals surface area contributed by atoms with E-state index >= 15 is 0 Å². The van der Waals surface area contributed by atoms with E-state index in [1.54, 1.807) is 0 Å². The van der Waals surface area contributed by atoms with Gasteiger partial charge < -0.3 is 10.2 Å². The highest BCUT2D eigenvalue weighted by molar-refractivity contribution is 5.25. The van der Waals surface area contributed by atoms with Crippen molar-refractivity contribution in [3.8, 4) is 0 Å². The second kappa shape index (κ2) is 7.80. The van der Waals surface area contributed by atoms with Gasteiger partial charge in [0.05, 0.1) is 0 Å². The maximum absolute atomic E-state index is 3.63. The van der Waals surface area contributed by atoms with Gasteiger partial charge in [0.1, 0.15) is 0 Å². The Balaban J connectivity index is 1.94. The van der Waals surface area contributed by atoms with E-state index in [-0.39, 0.29) is 0 Å². The van der Waals surface area contributed by atoms with Crippen LogP contribution in [0.2, 0.25) is 0 Å². The van der Waals surface area contributed by atoms with E-state index in [1.165, 1.54) is 43.4 Å². The summed E-state index contributed by atoms with van der Waals surface area (Å²) in [6, 6.07) is 9.67. The molecule has 1 fully saturated rings. The van der Waals surface area contributed by atoms with Gasteiger partial charge in [0, 0.05) is 19.1 Å². The van der Waals surface area contributed by atoms with Crippen molar-refractivity contribution in [2.45, 2.75) is 45.6 Å². The lowest BCUT2D eigenvalue weighted by Gasteiger charge is -2.25. The Kier molecular flexibility index (Phi) is 6.06. The summed E-state index contributed by atoms with van der Waals surface area (Å²) in [4.78, 5) is 2.49. The molecule has 1 aromatic carbocycles. The number of benzene rings is 1. The van der Waals surface area contributed by atoms with Crippen LogP contribution >= 0.6 is 0 Å². The van der Waals surface area contributed by atoms with E-state index in [4.69, 9.17) is 0 Å². The first-order valence-electron chi connectivity index (χ1n) is 8.23. The Labute approximate surface area is 124 Å². The fourth-order valence-electron chi connectivity index (χ4n) is 2.87. The van der Waals surface area contributed by atoms with Gasteiger partial charge in [-0.15, -0.1) is 0 Å². The van der Waals surface area contributed by atoms with Gasteiger partial charge in [-0.3, -0.25) is 0 Å². The predicted octanol–water partition coefficient (Wildman–Crippen LogP) is 3.63. The molecule has 2 nitrogen and oxygen atoms in total. The van der Waals surface area contributed by atoms with Crippen molar-refractivity contribution in [1.82, 2.24) is 10.2 Å². The van der Waals surface area contributed by atoms with Gasteiger partial charge >= 0.3 is 0 Å². The Bertz CT molecular complexity index is 381. The number of likely N-dealkylation sites (N-methyl/N-ethyl adjacent to an activating group) is 2. The number of hydrogen-bond donors (Lipinski definition) is 1. The third-order valence-corrected chi connectivity index (χ3v) is 4.13. The smallest absolute Gasteiger partial charge is 0.0449 e. The average molecular weight is 274 g/mol. The highest BCUT2D eigenvalue weighted by atomic mass is 15.1. The van der Waals surface area contributed by atoms with Gasteiger partial charge in [-0.2, -0.15) is 0 Å². The van der Waals surface area contributed by atoms with Gasteiger partial charge in [-0.25, -0.2) is 0 Å². The zero-order chi connectivity index (χ0) is 14.4. The van der Waals surface area contributed by atoms with E-state index in [0.717, 1.165) is 19.0 Å². The number of aryl methyl sites for hydroxylation is 1. The van der Waals surface area contributed by atoms with Gasteiger partial charge in [0.2, 0.25) is 0 Å². The first-order chi connectivity index (χ1) is 9.72. The Morgan fingerprint density at radius 3 is 2.45 bits per heavy atom. The van der Waals surface area contributed by atoms with Crippen LogP contribution in [0.3, 0.4) is 0 Å². The van der Waals surface area contributed by atoms with E-state index in [1.807, 2.05) is 0 Å². The van der Waals surface area contributed by atoms with Crippen molar-refractivity contribution in [2.75, 3.05) is 26.7 Å². The van der Waals surface area contributed by atoms with E-state index < -0.39 is 0 Å². The van der Waals surface area contributed by atoms with Crippen LogP contribution in [0, 0.1) is 5.92 Å². The molecule has 2 rings (SSSR count). The minimum Gasteiger partial charge on any atom is -0.309 e. The Hall–Kier alpha value is -0.860. The molecule has 0 aromatic heterocycles. The molecule has 1 unspecified atom stereocenters. The standard InChI is InChI=1S/C18H30N2/c1-4-6-15-9-11-17(12-10-15)18(19-5-2)14-20(3)13-16-7-8-16/h9-12,16,18-19H,4-8,13-14H2,1-3H3. The predicted molar refractivity (Wildman–Crippen MR) is 87.1 cm³/mol. The molecule has 1 saturated carbocycles. The van der Waals surface area contributed by atoms with Crippen molar-refractivity contribution in [3.63, 3.8) is 0 Å². The van der Waals surface area contributed by atoms with Gasteiger partial charge in [0.15, 0.2) is 0 Å². The van der Waals surface area contributed by atoms with Crippen LogP contribution in [0.15, 0.2) is 24.3 Å². The highest BCUT2D eigenvalue weighted by Gasteiger charge is 2.24. The van der Waals surface area contributed by atoms with Crippen LogP contribution in [0.25, 0.3) is 0 Å². The molecule has 2 heteroatoms. The lowest BCUT2D eigenvalue weighted by atomic mass is 10.0. The van der Waals surface area contributed by atoms with Crippen molar-refractivity contribution >= 4 is 0 Å². The highest BCUT2D eigenvalue weighted by Crippen LogP contribution is 2.29. The summed E-state index contributed by atoms with van der Waals surface area (Å²) in [7, 11) is 2.26. The van der Waals surface area contributed by atoms with Crippen LogP contribution in [-0.4, -0.2) is 31.6 Å². The minimum absolute atomic E-state index is 0.458. The third kappa shape index (κ3) is 4.92. The molecular weight excluding hydrogens is 244 g/mol. The largest absolute Gasteiger partial charge is 0.309 e. The molecule has 1 N–H and O–H groups in total. The molecule has 1 aliphatic rings. The summed E-state index contributed by atoms with van der Waals surface area (Å²) in [5.41, 5.74) is 2.88.